The lowest BCUT2D eigenvalue weighted by molar-refractivity contribution is -0.148. The molecule has 0 bridgehead atoms. The average molecular weight is 445 g/mol. The van der Waals surface area contributed by atoms with Crippen LogP contribution in [0.3, 0.4) is 0 Å². The van der Waals surface area contributed by atoms with Crippen LogP contribution in [-0.2, 0) is 26.0 Å². The van der Waals surface area contributed by atoms with Crippen molar-refractivity contribution in [2.24, 2.45) is 0 Å². The highest BCUT2D eigenvalue weighted by molar-refractivity contribution is 7.93. The van der Waals surface area contributed by atoms with Gasteiger partial charge in [-0.05, 0) is 69.0 Å². The van der Waals surface area contributed by atoms with Gasteiger partial charge in [-0.15, -0.1) is 0 Å². The van der Waals surface area contributed by atoms with E-state index in [1.165, 1.54) is 14.0 Å². The molecule has 1 aliphatic carbocycles. The van der Waals surface area contributed by atoms with Gasteiger partial charge in [-0.2, -0.15) is 0 Å². The first kappa shape index (κ1) is 23.0. The van der Waals surface area contributed by atoms with Crippen molar-refractivity contribution in [1.82, 2.24) is 0 Å². The Kier molecular flexibility index (Phi) is 6.55. The number of sulfone groups is 1. The smallest absolute Gasteiger partial charge is 0.328 e. The van der Waals surface area contributed by atoms with Crippen molar-refractivity contribution in [2.75, 3.05) is 7.11 Å². The molecule has 2 aromatic rings. The van der Waals surface area contributed by atoms with E-state index in [-0.39, 0.29) is 30.1 Å². The summed E-state index contributed by atoms with van der Waals surface area (Å²) < 4.78 is 36.6. The quantitative estimate of drug-likeness (QED) is 0.466. The Hall–Kier alpha value is -2.67. The van der Waals surface area contributed by atoms with Crippen LogP contribution < -0.4 is 4.74 Å². The maximum atomic E-state index is 13.7. The third-order valence-electron chi connectivity index (χ3n) is 5.98. The van der Waals surface area contributed by atoms with Gasteiger partial charge in [-0.1, -0.05) is 25.0 Å². The molecule has 6 nitrogen and oxygen atoms in total. The van der Waals surface area contributed by atoms with Gasteiger partial charge in [-0.25, -0.2) is 8.42 Å². The number of ketones is 1. The molecule has 0 N–H and O–H groups in total. The number of aryl methyl sites for hydroxylation is 2. The van der Waals surface area contributed by atoms with E-state index in [1.54, 1.807) is 37.3 Å². The fraction of sp³-hybridized carbons (Fsp3) is 0.417. The number of benzene rings is 2. The van der Waals surface area contributed by atoms with E-state index in [4.69, 9.17) is 9.47 Å². The molecule has 2 aromatic carbocycles. The number of esters is 1. The molecule has 0 radical (unpaired) electrons. The molecular formula is C24H28O6S. The van der Waals surface area contributed by atoms with Crippen molar-refractivity contribution in [2.45, 2.75) is 62.7 Å². The number of ether oxygens (including phenoxy) is 2. The van der Waals surface area contributed by atoms with Crippen LogP contribution in [0.15, 0.2) is 41.3 Å². The molecule has 1 fully saturated rings. The number of carbonyl (C=O) groups excluding carboxylic acids is 2. The third-order valence-corrected chi connectivity index (χ3v) is 8.60. The predicted molar refractivity (Wildman–Crippen MR) is 117 cm³/mol. The predicted octanol–water partition coefficient (Wildman–Crippen LogP) is 4.34. The summed E-state index contributed by atoms with van der Waals surface area (Å²) in [7, 11) is -2.47. The minimum Gasteiger partial charge on any atom is -0.496 e. The summed E-state index contributed by atoms with van der Waals surface area (Å²) >= 11 is 0. The van der Waals surface area contributed by atoms with E-state index in [0.29, 0.717) is 35.3 Å². The molecule has 0 aromatic heterocycles. The lowest BCUT2D eigenvalue weighted by Gasteiger charge is -2.27. The fourth-order valence-electron chi connectivity index (χ4n) is 4.12. The molecule has 0 aliphatic heterocycles. The van der Waals surface area contributed by atoms with E-state index in [1.807, 2.05) is 13.0 Å². The number of methoxy groups -OCH3 is 1. The van der Waals surface area contributed by atoms with Crippen molar-refractivity contribution in [1.29, 1.82) is 0 Å². The van der Waals surface area contributed by atoms with Crippen molar-refractivity contribution in [3.8, 4) is 5.75 Å². The van der Waals surface area contributed by atoms with Crippen LogP contribution in [0.5, 0.6) is 5.75 Å². The summed E-state index contributed by atoms with van der Waals surface area (Å²) in [5.74, 6) is -0.406. The Labute approximate surface area is 183 Å². The Balaban J connectivity index is 1.94. The molecule has 0 saturated heterocycles. The molecule has 31 heavy (non-hydrogen) atoms. The molecule has 1 saturated carbocycles. The van der Waals surface area contributed by atoms with Crippen LogP contribution in [0.2, 0.25) is 0 Å². The van der Waals surface area contributed by atoms with Crippen molar-refractivity contribution < 1.29 is 27.5 Å². The second-order valence-corrected chi connectivity index (χ2v) is 10.4. The number of hydrogen-bond acceptors (Lipinski definition) is 6. The number of carbonyl (C=O) groups is 2. The first-order chi connectivity index (χ1) is 14.6. The van der Waals surface area contributed by atoms with Crippen LogP contribution in [0.1, 0.15) is 59.7 Å². The normalized spacial score (nSPS) is 15.5. The second-order valence-electron chi connectivity index (χ2n) is 8.13. The standard InChI is InChI=1S/C24H28O6S/c1-16-7-8-17(2)22(13-16)31(27,28)24(11-5-6-12-24)23(26)30-15-20-14-19(18(3)25)9-10-21(20)29-4/h7-10,13-14H,5-6,11-12,15H2,1-4H3. The highest BCUT2D eigenvalue weighted by Crippen LogP contribution is 2.42. The third kappa shape index (κ3) is 4.24. The SMILES string of the molecule is COc1ccc(C(C)=O)cc1COC(=O)C1(S(=O)(=O)c2cc(C)ccc2C)CCCC1. The summed E-state index contributed by atoms with van der Waals surface area (Å²) in [6, 6.07) is 10.1. The maximum absolute atomic E-state index is 13.7. The zero-order chi connectivity index (χ0) is 22.8. The molecular weight excluding hydrogens is 416 g/mol. The maximum Gasteiger partial charge on any atom is 0.328 e. The Morgan fingerprint density at radius 3 is 2.32 bits per heavy atom. The number of Topliss-reactive ketones (excluding diaryl/α,β-unsaturated/α-hetero) is 1. The number of rotatable bonds is 7. The van der Waals surface area contributed by atoms with Crippen LogP contribution in [-0.4, -0.2) is 32.0 Å². The van der Waals surface area contributed by atoms with Gasteiger partial charge in [0.15, 0.2) is 20.4 Å². The van der Waals surface area contributed by atoms with Gasteiger partial charge in [0.2, 0.25) is 0 Å². The summed E-state index contributed by atoms with van der Waals surface area (Å²) in [4.78, 5) is 25.2. The van der Waals surface area contributed by atoms with E-state index in [0.717, 1.165) is 5.56 Å². The van der Waals surface area contributed by atoms with E-state index in [2.05, 4.69) is 0 Å². The molecule has 0 amide bonds. The van der Waals surface area contributed by atoms with Crippen LogP contribution in [0, 0.1) is 13.8 Å². The van der Waals surface area contributed by atoms with Gasteiger partial charge in [0.1, 0.15) is 12.4 Å². The molecule has 0 heterocycles. The van der Waals surface area contributed by atoms with Crippen molar-refractivity contribution in [3.63, 3.8) is 0 Å². The molecule has 0 atom stereocenters. The van der Waals surface area contributed by atoms with Crippen molar-refractivity contribution in [3.05, 3.63) is 58.7 Å². The first-order valence-electron chi connectivity index (χ1n) is 10.3. The van der Waals surface area contributed by atoms with E-state index in [9.17, 15) is 18.0 Å². The minimum absolute atomic E-state index is 0.125. The van der Waals surface area contributed by atoms with Crippen LogP contribution in [0.4, 0.5) is 0 Å². The molecule has 0 spiro atoms. The topological polar surface area (TPSA) is 86.7 Å². The highest BCUT2D eigenvalue weighted by Gasteiger charge is 2.54. The second kappa shape index (κ2) is 8.83. The Morgan fingerprint density at radius 1 is 1.03 bits per heavy atom. The molecule has 1 aliphatic rings. The zero-order valence-corrected chi connectivity index (χ0v) is 19.2. The van der Waals surface area contributed by atoms with Gasteiger partial charge in [0.25, 0.3) is 0 Å². The van der Waals surface area contributed by atoms with E-state index >= 15 is 0 Å². The lowest BCUT2D eigenvalue weighted by Crippen LogP contribution is -2.45. The average Bonchev–Trinajstić information content (AvgIpc) is 3.25. The summed E-state index contributed by atoms with van der Waals surface area (Å²) in [5.41, 5.74) is 2.41. The summed E-state index contributed by atoms with van der Waals surface area (Å²) in [6.07, 6.45) is 1.74. The molecule has 0 unspecified atom stereocenters. The highest BCUT2D eigenvalue weighted by atomic mass is 32.2. The fourth-order valence-corrected chi connectivity index (χ4v) is 6.48. The zero-order valence-electron chi connectivity index (χ0n) is 18.4. The van der Waals surface area contributed by atoms with Crippen LogP contribution in [0.25, 0.3) is 0 Å². The van der Waals surface area contributed by atoms with Gasteiger partial charge in [0, 0.05) is 11.1 Å². The van der Waals surface area contributed by atoms with Gasteiger partial charge in [-0.3, -0.25) is 9.59 Å². The number of hydrogen-bond donors (Lipinski definition) is 0. The Bertz CT molecular complexity index is 1110. The van der Waals surface area contributed by atoms with Gasteiger partial charge < -0.3 is 9.47 Å². The lowest BCUT2D eigenvalue weighted by atomic mass is 10.1. The van der Waals surface area contributed by atoms with Gasteiger partial charge in [0.05, 0.1) is 12.0 Å². The van der Waals surface area contributed by atoms with Crippen LogP contribution >= 0.6 is 0 Å². The minimum atomic E-state index is -3.95. The summed E-state index contributed by atoms with van der Waals surface area (Å²) in [6.45, 7) is 4.83. The van der Waals surface area contributed by atoms with Crippen molar-refractivity contribution >= 4 is 21.6 Å². The van der Waals surface area contributed by atoms with Gasteiger partial charge >= 0.3 is 5.97 Å². The molecule has 166 valence electrons. The largest absolute Gasteiger partial charge is 0.496 e. The molecule has 3 rings (SSSR count). The van der Waals surface area contributed by atoms with E-state index < -0.39 is 20.6 Å². The summed E-state index contributed by atoms with van der Waals surface area (Å²) in [5, 5.41) is 0. The monoisotopic (exact) mass is 444 g/mol. The molecule has 7 heteroatoms. The first-order valence-corrected chi connectivity index (χ1v) is 11.8. The Morgan fingerprint density at radius 2 is 1.71 bits per heavy atom.